The normalized spacial score (nSPS) is 22.5. The minimum absolute atomic E-state index is 0.0147. The van der Waals surface area contributed by atoms with Gasteiger partial charge in [-0.05, 0) is 33.6 Å². The first-order chi connectivity index (χ1) is 13.2. The van der Waals surface area contributed by atoms with Gasteiger partial charge in [0.2, 0.25) is 11.8 Å². The number of hydrogen-bond donors (Lipinski definition) is 2. The molecule has 2 heterocycles. The molecular weight excluding hydrogens is 364 g/mol. The van der Waals surface area contributed by atoms with Gasteiger partial charge in [0.25, 0.3) is 5.91 Å². The summed E-state index contributed by atoms with van der Waals surface area (Å²) in [5, 5.41) is 13.0. The summed E-state index contributed by atoms with van der Waals surface area (Å²) >= 11 is 0. The van der Waals surface area contributed by atoms with Gasteiger partial charge >= 0.3 is 6.09 Å². The topological polar surface area (TPSA) is 114 Å². The molecule has 154 valence electrons. The molecule has 0 radical (unpaired) electrons. The number of hydrogen-bond acceptors (Lipinski definition) is 7. The van der Waals surface area contributed by atoms with E-state index in [9.17, 15) is 14.7 Å². The Morgan fingerprint density at radius 1 is 1.21 bits per heavy atom. The minimum Gasteiger partial charge on any atom is -0.480 e. The highest BCUT2D eigenvalue weighted by molar-refractivity contribution is 6.00. The zero-order valence-electron chi connectivity index (χ0n) is 16.8. The molecule has 1 aromatic rings. The van der Waals surface area contributed by atoms with Crippen LogP contribution in [0.4, 0.5) is 10.7 Å². The van der Waals surface area contributed by atoms with Crippen molar-refractivity contribution < 1.29 is 24.2 Å². The molecule has 2 aliphatic rings. The molecule has 28 heavy (non-hydrogen) atoms. The molecule has 2 atom stereocenters. The Kier molecular flexibility index (Phi) is 5.74. The van der Waals surface area contributed by atoms with E-state index < -0.39 is 17.8 Å². The van der Waals surface area contributed by atoms with Crippen molar-refractivity contribution in [1.82, 2.24) is 14.9 Å². The lowest BCUT2D eigenvalue weighted by Crippen LogP contribution is -2.43. The fourth-order valence-corrected chi connectivity index (χ4v) is 3.69. The molecule has 2 amide bonds. The molecule has 1 saturated carbocycles. The largest absolute Gasteiger partial charge is 0.480 e. The number of ether oxygens (including phenoxy) is 2. The lowest BCUT2D eigenvalue weighted by molar-refractivity contribution is 0.0344. The number of anilines is 1. The molecule has 9 nitrogen and oxygen atoms in total. The van der Waals surface area contributed by atoms with Crippen molar-refractivity contribution in [3.8, 4) is 5.88 Å². The van der Waals surface area contributed by atoms with E-state index in [1.165, 1.54) is 7.11 Å². The number of aliphatic hydroxyl groups excluding tert-OH is 1. The van der Waals surface area contributed by atoms with E-state index >= 15 is 0 Å². The van der Waals surface area contributed by atoms with Crippen LogP contribution in [0.2, 0.25) is 0 Å². The summed E-state index contributed by atoms with van der Waals surface area (Å²) in [4.78, 5) is 35.1. The SMILES string of the molecule is COc1nc(NC(=O)OC(C)(C)C)nc2c1C(=O)N(C1CCCCCC1O)C2. The van der Waals surface area contributed by atoms with Gasteiger partial charge in [0, 0.05) is 0 Å². The predicted octanol–water partition coefficient (Wildman–Crippen LogP) is 2.48. The lowest BCUT2D eigenvalue weighted by atomic mass is 10.0. The number of rotatable bonds is 3. The summed E-state index contributed by atoms with van der Waals surface area (Å²) in [6, 6.07) is -0.254. The van der Waals surface area contributed by atoms with E-state index in [2.05, 4.69) is 15.3 Å². The molecule has 9 heteroatoms. The summed E-state index contributed by atoms with van der Waals surface area (Å²) in [6.45, 7) is 5.51. The monoisotopic (exact) mass is 392 g/mol. The number of aromatic nitrogens is 2. The molecule has 1 aliphatic carbocycles. The van der Waals surface area contributed by atoms with Gasteiger partial charge in [-0.25, -0.2) is 9.78 Å². The summed E-state index contributed by atoms with van der Waals surface area (Å²) in [5.41, 5.74) is 0.0980. The van der Waals surface area contributed by atoms with Crippen LogP contribution in [-0.2, 0) is 11.3 Å². The number of aliphatic hydroxyl groups is 1. The molecule has 1 aromatic heterocycles. The highest BCUT2D eigenvalue weighted by Crippen LogP contribution is 2.34. The Morgan fingerprint density at radius 3 is 2.61 bits per heavy atom. The standard InChI is InChI=1S/C19H28N4O5/c1-19(2,3)28-18(26)22-17-20-11-10-23(12-8-6-5-7-9-13(12)24)16(25)14(11)15(21-17)27-4/h12-13,24H,5-10H2,1-4H3,(H,20,21,22,26). The van der Waals surface area contributed by atoms with Crippen molar-refractivity contribution in [3.05, 3.63) is 11.3 Å². The molecule has 0 spiro atoms. The van der Waals surface area contributed by atoms with Crippen LogP contribution in [-0.4, -0.2) is 56.8 Å². The fourth-order valence-electron chi connectivity index (χ4n) is 3.69. The first kappa shape index (κ1) is 20.3. The number of nitrogens with one attached hydrogen (secondary N) is 1. The third-order valence-electron chi connectivity index (χ3n) is 4.90. The summed E-state index contributed by atoms with van der Waals surface area (Å²) in [6.07, 6.45) is 3.17. The number of carbonyl (C=O) groups excluding carboxylic acids is 2. The van der Waals surface area contributed by atoms with Crippen LogP contribution in [0.3, 0.4) is 0 Å². The van der Waals surface area contributed by atoms with Crippen LogP contribution < -0.4 is 10.1 Å². The van der Waals surface area contributed by atoms with E-state index in [1.54, 1.807) is 25.7 Å². The molecule has 1 aliphatic heterocycles. The van der Waals surface area contributed by atoms with E-state index in [-0.39, 0.29) is 35.9 Å². The average molecular weight is 392 g/mol. The Labute approximate surface area is 164 Å². The quantitative estimate of drug-likeness (QED) is 0.760. The van der Waals surface area contributed by atoms with Crippen molar-refractivity contribution >= 4 is 17.9 Å². The van der Waals surface area contributed by atoms with E-state index in [0.717, 1.165) is 25.7 Å². The van der Waals surface area contributed by atoms with Crippen LogP contribution >= 0.6 is 0 Å². The van der Waals surface area contributed by atoms with Crippen molar-refractivity contribution in [2.24, 2.45) is 0 Å². The van der Waals surface area contributed by atoms with Gasteiger partial charge in [0.05, 0.1) is 31.5 Å². The minimum atomic E-state index is -0.685. The molecule has 0 saturated heterocycles. The molecule has 1 fully saturated rings. The summed E-state index contributed by atoms with van der Waals surface area (Å²) in [7, 11) is 1.41. The smallest absolute Gasteiger partial charge is 0.414 e. The number of nitrogens with zero attached hydrogens (tertiary/aromatic N) is 3. The third kappa shape index (κ3) is 4.35. The summed E-state index contributed by atoms with van der Waals surface area (Å²) < 4.78 is 10.5. The molecule has 0 aromatic carbocycles. The van der Waals surface area contributed by atoms with E-state index in [0.29, 0.717) is 12.1 Å². The first-order valence-corrected chi connectivity index (χ1v) is 9.63. The van der Waals surface area contributed by atoms with Gasteiger partial charge in [0.1, 0.15) is 11.2 Å². The number of amides is 2. The second-order valence-electron chi connectivity index (χ2n) is 8.21. The highest BCUT2D eigenvalue weighted by atomic mass is 16.6. The maximum Gasteiger partial charge on any atom is 0.414 e. The van der Waals surface area contributed by atoms with Gasteiger partial charge in [-0.3, -0.25) is 10.1 Å². The van der Waals surface area contributed by atoms with E-state index in [1.807, 2.05) is 0 Å². The molecule has 2 N–H and O–H groups in total. The zero-order valence-corrected chi connectivity index (χ0v) is 16.8. The van der Waals surface area contributed by atoms with Gasteiger partial charge in [-0.15, -0.1) is 0 Å². The van der Waals surface area contributed by atoms with Crippen LogP contribution in [0.5, 0.6) is 5.88 Å². The molecule has 3 rings (SSSR count). The van der Waals surface area contributed by atoms with Crippen molar-refractivity contribution in [2.45, 2.75) is 77.2 Å². The number of methoxy groups -OCH3 is 1. The van der Waals surface area contributed by atoms with Crippen LogP contribution in [0.1, 0.15) is 68.9 Å². The maximum atomic E-state index is 13.0. The second kappa shape index (κ2) is 7.90. The highest BCUT2D eigenvalue weighted by Gasteiger charge is 2.40. The Balaban J connectivity index is 1.84. The predicted molar refractivity (Wildman–Crippen MR) is 101 cm³/mol. The Bertz CT molecular complexity index is 761. The van der Waals surface area contributed by atoms with Crippen LogP contribution in [0, 0.1) is 0 Å². The maximum absolute atomic E-state index is 13.0. The van der Waals surface area contributed by atoms with Gasteiger partial charge in [-0.2, -0.15) is 4.98 Å². The van der Waals surface area contributed by atoms with Gasteiger partial charge in [-0.1, -0.05) is 19.3 Å². The van der Waals surface area contributed by atoms with Crippen LogP contribution in [0.15, 0.2) is 0 Å². The lowest BCUT2D eigenvalue weighted by Gasteiger charge is -2.30. The Hall–Kier alpha value is -2.42. The van der Waals surface area contributed by atoms with Crippen LogP contribution in [0.25, 0.3) is 0 Å². The van der Waals surface area contributed by atoms with Crippen molar-refractivity contribution in [1.29, 1.82) is 0 Å². The Morgan fingerprint density at radius 2 is 1.93 bits per heavy atom. The first-order valence-electron chi connectivity index (χ1n) is 9.63. The van der Waals surface area contributed by atoms with Gasteiger partial charge in [0.15, 0.2) is 0 Å². The van der Waals surface area contributed by atoms with Crippen molar-refractivity contribution in [2.75, 3.05) is 12.4 Å². The number of carbonyl (C=O) groups is 2. The molecular formula is C19H28N4O5. The fraction of sp³-hybridized carbons (Fsp3) is 0.684. The van der Waals surface area contributed by atoms with E-state index in [4.69, 9.17) is 9.47 Å². The van der Waals surface area contributed by atoms with Crippen molar-refractivity contribution in [3.63, 3.8) is 0 Å². The summed E-state index contributed by atoms with van der Waals surface area (Å²) in [5.74, 6) is -0.130. The third-order valence-corrected chi connectivity index (χ3v) is 4.90. The average Bonchev–Trinajstić information content (AvgIpc) is 2.77. The number of fused-ring (bicyclic) bond motifs is 1. The molecule has 0 bridgehead atoms. The molecule has 2 unspecified atom stereocenters. The zero-order chi connectivity index (χ0) is 20.5. The van der Waals surface area contributed by atoms with Gasteiger partial charge < -0.3 is 19.5 Å². The second-order valence-corrected chi connectivity index (χ2v) is 8.21.